The summed E-state index contributed by atoms with van der Waals surface area (Å²) >= 11 is 6.03. The summed E-state index contributed by atoms with van der Waals surface area (Å²) in [6, 6.07) is 10.1. The molecule has 42 heavy (non-hydrogen) atoms. The largest absolute Gasteiger partial charge is 0.444 e. The fourth-order valence-electron chi connectivity index (χ4n) is 4.75. The van der Waals surface area contributed by atoms with Gasteiger partial charge in [0.15, 0.2) is 9.84 Å². The van der Waals surface area contributed by atoms with Crippen molar-refractivity contribution < 1.29 is 32.3 Å². The molecule has 3 rings (SSSR count). The van der Waals surface area contributed by atoms with E-state index in [2.05, 4.69) is 5.32 Å². The number of fused-ring (bicyclic) bond motifs is 1. The quantitative estimate of drug-likeness (QED) is 0.437. The molecule has 1 aliphatic rings. The Kier molecular flexibility index (Phi) is 10.1. The molecule has 0 radical (unpaired) electrons. The standard InChI is InChI=1S/C30H42ClN3O7S/c1-28(2,3)40-26(36)32-30(13-16-34(17-14-30)27(37)41-29(4,5)6)25(35)33(7)15-8-18-42(38,39)24-12-10-21-19-23(31)11-9-22(21)20-24/h9-12,19-20H,8,13-18H2,1-7H3,(H,32,36). The SMILES string of the molecule is CN(CCCS(=O)(=O)c1ccc2cc(Cl)ccc2c1)C(=O)C1(NC(=O)OC(C)(C)C)CCN(C(=O)OC(C)(C)C)CC1. The van der Waals surface area contributed by atoms with E-state index in [1.165, 1.54) is 9.80 Å². The van der Waals surface area contributed by atoms with Crippen LogP contribution in [0.5, 0.6) is 0 Å². The summed E-state index contributed by atoms with van der Waals surface area (Å²) in [6.45, 7) is 11.0. The number of sulfone groups is 1. The number of likely N-dealkylation sites (tertiary alicyclic amines) is 1. The van der Waals surface area contributed by atoms with Crippen molar-refractivity contribution in [2.45, 2.75) is 82.4 Å². The number of hydrogen-bond acceptors (Lipinski definition) is 7. The van der Waals surface area contributed by atoms with Gasteiger partial charge in [-0.25, -0.2) is 18.0 Å². The summed E-state index contributed by atoms with van der Waals surface area (Å²) in [5.41, 5.74) is -2.77. The van der Waals surface area contributed by atoms with Gasteiger partial charge in [0.1, 0.15) is 16.7 Å². The van der Waals surface area contributed by atoms with Crippen molar-refractivity contribution in [1.29, 1.82) is 0 Å². The summed E-state index contributed by atoms with van der Waals surface area (Å²) in [6.07, 6.45) is -0.746. The number of rotatable bonds is 7. The Bertz CT molecular complexity index is 1420. The van der Waals surface area contributed by atoms with Crippen LogP contribution < -0.4 is 5.32 Å². The predicted molar refractivity (Wildman–Crippen MR) is 162 cm³/mol. The van der Waals surface area contributed by atoms with Crippen LogP contribution in [0.1, 0.15) is 60.8 Å². The van der Waals surface area contributed by atoms with E-state index in [0.717, 1.165) is 10.8 Å². The Morgan fingerprint density at radius 2 is 1.52 bits per heavy atom. The minimum absolute atomic E-state index is 0.147. The zero-order valence-corrected chi connectivity index (χ0v) is 27.0. The van der Waals surface area contributed by atoms with Crippen LogP contribution in [0.25, 0.3) is 10.8 Å². The van der Waals surface area contributed by atoms with Crippen molar-refractivity contribution in [2.75, 3.05) is 32.4 Å². The van der Waals surface area contributed by atoms with E-state index in [1.807, 2.05) is 0 Å². The van der Waals surface area contributed by atoms with Crippen LogP contribution in [0.4, 0.5) is 9.59 Å². The molecule has 232 valence electrons. The summed E-state index contributed by atoms with van der Waals surface area (Å²) in [5, 5.41) is 4.95. The number of likely N-dealkylation sites (N-methyl/N-ethyl adjacent to an activating group) is 1. The lowest BCUT2D eigenvalue weighted by Gasteiger charge is -2.43. The number of nitrogens with zero attached hydrogens (tertiary/aromatic N) is 2. The van der Waals surface area contributed by atoms with Gasteiger partial charge in [-0.3, -0.25) is 4.79 Å². The van der Waals surface area contributed by atoms with E-state index >= 15 is 0 Å². The number of nitrogens with one attached hydrogen (secondary N) is 1. The molecule has 0 bridgehead atoms. The molecule has 0 spiro atoms. The van der Waals surface area contributed by atoms with Crippen LogP contribution in [0.2, 0.25) is 5.02 Å². The van der Waals surface area contributed by atoms with Gasteiger partial charge in [-0.1, -0.05) is 23.7 Å². The highest BCUT2D eigenvalue weighted by Crippen LogP contribution is 2.28. The van der Waals surface area contributed by atoms with Gasteiger partial charge in [0, 0.05) is 31.7 Å². The average Bonchev–Trinajstić information content (AvgIpc) is 2.85. The van der Waals surface area contributed by atoms with Crippen molar-refractivity contribution in [3.05, 3.63) is 41.4 Å². The lowest BCUT2D eigenvalue weighted by atomic mass is 9.86. The summed E-state index contributed by atoms with van der Waals surface area (Å²) < 4.78 is 37.1. The number of carbonyl (C=O) groups is 3. The summed E-state index contributed by atoms with van der Waals surface area (Å²) in [4.78, 5) is 42.3. The van der Waals surface area contributed by atoms with Gasteiger partial charge in [-0.15, -0.1) is 0 Å². The van der Waals surface area contributed by atoms with E-state index in [9.17, 15) is 22.8 Å². The van der Waals surface area contributed by atoms with Crippen molar-refractivity contribution in [1.82, 2.24) is 15.1 Å². The molecule has 0 aliphatic carbocycles. The van der Waals surface area contributed by atoms with Crippen LogP contribution in [-0.2, 0) is 24.1 Å². The molecular formula is C30H42ClN3O7S. The molecule has 10 nitrogen and oxygen atoms in total. The van der Waals surface area contributed by atoms with Crippen molar-refractivity contribution in [3.8, 4) is 0 Å². The maximum atomic E-state index is 13.8. The van der Waals surface area contributed by atoms with Crippen LogP contribution in [0.3, 0.4) is 0 Å². The number of carbonyl (C=O) groups excluding carboxylic acids is 3. The van der Waals surface area contributed by atoms with Gasteiger partial charge < -0.3 is 24.6 Å². The molecule has 1 heterocycles. The van der Waals surface area contributed by atoms with Gasteiger partial charge in [0.25, 0.3) is 0 Å². The van der Waals surface area contributed by atoms with Crippen LogP contribution in [0.15, 0.2) is 41.3 Å². The maximum Gasteiger partial charge on any atom is 0.410 e. The highest BCUT2D eigenvalue weighted by molar-refractivity contribution is 7.91. The Hall–Kier alpha value is -3.05. The Balaban J connectivity index is 1.69. The van der Waals surface area contributed by atoms with E-state index in [-0.39, 0.29) is 55.5 Å². The lowest BCUT2D eigenvalue weighted by Crippen LogP contribution is -2.64. The number of halogens is 1. The van der Waals surface area contributed by atoms with E-state index in [1.54, 1.807) is 85.0 Å². The molecule has 0 saturated carbocycles. The number of alkyl carbamates (subject to hydrolysis) is 1. The normalized spacial score (nSPS) is 15.7. The lowest BCUT2D eigenvalue weighted by molar-refractivity contribution is -0.139. The van der Waals surface area contributed by atoms with Gasteiger partial charge in [0.05, 0.1) is 10.6 Å². The molecule has 2 aromatic carbocycles. The van der Waals surface area contributed by atoms with Crippen molar-refractivity contribution in [2.24, 2.45) is 0 Å². The van der Waals surface area contributed by atoms with Gasteiger partial charge in [-0.05, 0) is 95.8 Å². The van der Waals surface area contributed by atoms with Crippen LogP contribution >= 0.6 is 11.6 Å². The predicted octanol–water partition coefficient (Wildman–Crippen LogP) is 5.41. The van der Waals surface area contributed by atoms with E-state index in [0.29, 0.717) is 5.02 Å². The Labute approximate surface area is 253 Å². The van der Waals surface area contributed by atoms with E-state index < -0.39 is 38.8 Å². The second kappa shape index (κ2) is 12.7. The highest BCUT2D eigenvalue weighted by atomic mass is 35.5. The smallest absolute Gasteiger partial charge is 0.410 e. The molecule has 0 aromatic heterocycles. The molecule has 3 amide bonds. The fourth-order valence-corrected chi connectivity index (χ4v) is 6.26. The first kappa shape index (κ1) is 33.5. The van der Waals surface area contributed by atoms with Gasteiger partial charge >= 0.3 is 12.2 Å². The molecule has 1 N–H and O–H groups in total. The number of hydrogen-bond donors (Lipinski definition) is 1. The number of ether oxygens (including phenoxy) is 2. The Morgan fingerprint density at radius 1 is 0.952 bits per heavy atom. The number of piperidine rings is 1. The minimum atomic E-state index is -3.61. The number of benzene rings is 2. The summed E-state index contributed by atoms with van der Waals surface area (Å²) in [5.74, 6) is -0.542. The van der Waals surface area contributed by atoms with Crippen LogP contribution in [0, 0.1) is 0 Å². The average molecular weight is 624 g/mol. The first-order chi connectivity index (χ1) is 19.3. The third-order valence-corrected chi connectivity index (χ3v) is 8.84. The molecule has 0 atom stereocenters. The van der Waals surface area contributed by atoms with E-state index in [4.69, 9.17) is 21.1 Å². The van der Waals surface area contributed by atoms with Gasteiger partial charge in [0.2, 0.25) is 5.91 Å². The zero-order valence-electron chi connectivity index (χ0n) is 25.5. The second-order valence-corrected chi connectivity index (χ2v) is 15.3. The monoisotopic (exact) mass is 623 g/mol. The molecule has 1 fully saturated rings. The second-order valence-electron chi connectivity index (χ2n) is 12.7. The van der Waals surface area contributed by atoms with Crippen molar-refractivity contribution >= 4 is 50.3 Å². The molecule has 2 aromatic rings. The molecule has 1 aliphatic heterocycles. The third kappa shape index (κ3) is 8.97. The number of amides is 3. The molecular weight excluding hydrogens is 582 g/mol. The van der Waals surface area contributed by atoms with Crippen molar-refractivity contribution in [3.63, 3.8) is 0 Å². The molecule has 1 saturated heterocycles. The first-order valence-electron chi connectivity index (χ1n) is 14.0. The molecule has 12 heteroatoms. The zero-order chi connectivity index (χ0) is 31.5. The highest BCUT2D eigenvalue weighted by Gasteiger charge is 2.46. The Morgan fingerprint density at radius 3 is 2.12 bits per heavy atom. The minimum Gasteiger partial charge on any atom is -0.444 e. The fraction of sp³-hybridized carbons (Fsp3) is 0.567. The third-order valence-electron chi connectivity index (χ3n) is 6.80. The topological polar surface area (TPSA) is 122 Å². The summed E-state index contributed by atoms with van der Waals surface area (Å²) in [7, 11) is -2.04. The molecule has 0 unspecified atom stereocenters. The maximum absolute atomic E-state index is 13.8. The van der Waals surface area contributed by atoms with Crippen LogP contribution in [-0.4, -0.2) is 85.5 Å². The van der Waals surface area contributed by atoms with Gasteiger partial charge in [-0.2, -0.15) is 0 Å². The first-order valence-corrected chi connectivity index (χ1v) is 16.0.